The van der Waals surface area contributed by atoms with Gasteiger partial charge in [0, 0.05) is 17.3 Å². The van der Waals surface area contributed by atoms with Crippen molar-refractivity contribution in [1.29, 1.82) is 0 Å². The number of carbonyl (C=O) groups excluding carboxylic acids is 1. The maximum absolute atomic E-state index is 12.1. The molecule has 1 aliphatic rings. The summed E-state index contributed by atoms with van der Waals surface area (Å²) in [4.78, 5) is 15.2. The van der Waals surface area contributed by atoms with E-state index in [4.69, 9.17) is 11.2 Å². The smallest absolute Gasteiger partial charge is 0.256 e. The zero-order valence-corrected chi connectivity index (χ0v) is 10.9. The van der Waals surface area contributed by atoms with Crippen molar-refractivity contribution in [2.45, 2.75) is 0 Å². The number of carbonyl (C=O) groups is 1. The highest BCUT2D eigenvalue weighted by atomic mass is 16.5. The molecule has 0 atom stereocenters. The first-order valence-corrected chi connectivity index (χ1v) is 6.09. The molecule has 2 N–H and O–H groups in total. The van der Waals surface area contributed by atoms with Gasteiger partial charge in [0.2, 0.25) is 0 Å². The molecular formula is C16H12N2O2. The summed E-state index contributed by atoms with van der Waals surface area (Å²) in [5.74, 6) is 3.12. The molecule has 1 amide bonds. The molecule has 0 fully saturated rings. The summed E-state index contributed by atoms with van der Waals surface area (Å²) in [6.45, 7) is 0. The average molecular weight is 264 g/mol. The summed E-state index contributed by atoms with van der Waals surface area (Å²) in [7, 11) is 1.58. The Hall–Kier alpha value is -2.93. The van der Waals surface area contributed by atoms with Gasteiger partial charge in [0.05, 0.1) is 24.1 Å². The molecule has 2 heterocycles. The fourth-order valence-corrected chi connectivity index (χ4v) is 2.31. The van der Waals surface area contributed by atoms with Crippen LogP contribution < -0.4 is 10.1 Å². The maximum Gasteiger partial charge on any atom is 0.256 e. The average Bonchev–Trinajstić information content (AvgIpc) is 3.03. The number of ether oxygens (including phenoxy) is 1. The predicted molar refractivity (Wildman–Crippen MR) is 78.2 cm³/mol. The van der Waals surface area contributed by atoms with E-state index in [1.54, 1.807) is 25.4 Å². The monoisotopic (exact) mass is 264 g/mol. The second kappa shape index (κ2) is 4.63. The van der Waals surface area contributed by atoms with E-state index in [0.717, 1.165) is 16.9 Å². The first-order chi connectivity index (χ1) is 9.74. The van der Waals surface area contributed by atoms with E-state index < -0.39 is 0 Å². The molecule has 0 bridgehead atoms. The van der Waals surface area contributed by atoms with Gasteiger partial charge in [-0.2, -0.15) is 0 Å². The number of rotatable bonds is 2. The third kappa shape index (κ3) is 1.77. The summed E-state index contributed by atoms with van der Waals surface area (Å²) in [6.07, 6.45) is 9.02. The molecule has 0 saturated carbocycles. The van der Waals surface area contributed by atoms with Crippen molar-refractivity contribution < 1.29 is 9.53 Å². The highest BCUT2D eigenvalue weighted by Gasteiger charge is 2.26. The van der Waals surface area contributed by atoms with E-state index in [9.17, 15) is 4.79 Å². The van der Waals surface area contributed by atoms with Gasteiger partial charge in [-0.05, 0) is 24.3 Å². The number of methoxy groups -OCH3 is 1. The fraction of sp³-hybridized carbons (Fsp3) is 0.0625. The molecule has 1 aliphatic heterocycles. The highest BCUT2D eigenvalue weighted by Crippen LogP contribution is 2.36. The minimum Gasteiger partial charge on any atom is -0.495 e. The van der Waals surface area contributed by atoms with Crippen LogP contribution in [0, 0.1) is 12.3 Å². The van der Waals surface area contributed by atoms with Crippen LogP contribution in [0.4, 0.5) is 5.69 Å². The largest absolute Gasteiger partial charge is 0.495 e. The summed E-state index contributed by atoms with van der Waals surface area (Å²) in [5, 5.41) is 2.81. The summed E-state index contributed by atoms with van der Waals surface area (Å²) in [5.41, 5.74) is 3.46. The lowest BCUT2D eigenvalue weighted by molar-refractivity contribution is -0.110. The van der Waals surface area contributed by atoms with Crippen molar-refractivity contribution in [2.75, 3.05) is 12.4 Å². The van der Waals surface area contributed by atoms with Crippen LogP contribution in [0.25, 0.3) is 11.6 Å². The number of benzene rings is 1. The molecule has 98 valence electrons. The number of nitrogens with one attached hydrogen (secondary N) is 2. The Labute approximate surface area is 116 Å². The van der Waals surface area contributed by atoms with E-state index >= 15 is 0 Å². The van der Waals surface area contributed by atoms with Gasteiger partial charge in [-0.1, -0.05) is 12.0 Å². The standard InChI is InChI=1S/C16H12N2O2/c1-3-10-5-4-6-12-15(10)11(16(19)18-12)9-13-14(20-2)7-8-17-13/h1,4-9,17H,2H3,(H,18,19)/b11-9-. The number of fused-ring (bicyclic) bond motifs is 1. The number of terminal acetylenes is 1. The van der Waals surface area contributed by atoms with Gasteiger partial charge in [0.1, 0.15) is 5.75 Å². The number of H-pyrrole nitrogens is 1. The molecule has 1 aromatic carbocycles. The molecule has 4 heteroatoms. The van der Waals surface area contributed by atoms with Crippen LogP contribution in [0.1, 0.15) is 16.8 Å². The lowest BCUT2D eigenvalue weighted by Gasteiger charge is -2.02. The predicted octanol–water partition coefficient (Wildman–Crippen LogP) is 2.50. The van der Waals surface area contributed by atoms with Crippen molar-refractivity contribution in [3.05, 3.63) is 47.3 Å². The van der Waals surface area contributed by atoms with Gasteiger partial charge in [-0.25, -0.2) is 0 Å². The van der Waals surface area contributed by atoms with Gasteiger partial charge in [0.15, 0.2) is 0 Å². The van der Waals surface area contributed by atoms with Crippen molar-refractivity contribution in [3.8, 4) is 18.1 Å². The van der Waals surface area contributed by atoms with E-state index in [0.29, 0.717) is 16.9 Å². The first-order valence-electron chi connectivity index (χ1n) is 6.09. The van der Waals surface area contributed by atoms with Gasteiger partial charge < -0.3 is 15.0 Å². The number of anilines is 1. The Bertz CT molecular complexity index is 763. The van der Waals surface area contributed by atoms with Gasteiger partial charge in [-0.15, -0.1) is 6.42 Å². The Morgan fingerprint density at radius 3 is 2.95 bits per heavy atom. The van der Waals surface area contributed by atoms with E-state index in [1.165, 1.54) is 0 Å². The Kier molecular flexibility index (Phi) is 2.81. The SMILES string of the molecule is C#Cc1cccc2c1/C(=C/c1[nH]ccc1OC)C(=O)N2. The molecule has 2 aromatic rings. The Morgan fingerprint density at radius 2 is 2.20 bits per heavy atom. The maximum atomic E-state index is 12.1. The van der Waals surface area contributed by atoms with Crippen LogP contribution in [-0.4, -0.2) is 18.0 Å². The molecule has 20 heavy (non-hydrogen) atoms. The molecule has 0 spiro atoms. The summed E-state index contributed by atoms with van der Waals surface area (Å²) >= 11 is 0. The normalized spacial score (nSPS) is 14.8. The first kappa shape index (κ1) is 12.1. The van der Waals surface area contributed by atoms with Crippen LogP contribution in [0.5, 0.6) is 5.75 Å². The van der Waals surface area contributed by atoms with Crippen molar-refractivity contribution in [1.82, 2.24) is 4.98 Å². The molecule has 0 aliphatic carbocycles. The number of amides is 1. The van der Waals surface area contributed by atoms with Crippen LogP contribution in [0.3, 0.4) is 0 Å². The minimum absolute atomic E-state index is 0.167. The number of aromatic amines is 1. The third-order valence-electron chi connectivity index (χ3n) is 3.23. The molecule has 0 saturated heterocycles. The van der Waals surface area contributed by atoms with Crippen LogP contribution >= 0.6 is 0 Å². The zero-order chi connectivity index (χ0) is 14.1. The van der Waals surface area contributed by atoms with Crippen LogP contribution in [-0.2, 0) is 4.79 Å². The lowest BCUT2D eigenvalue weighted by atomic mass is 10.00. The third-order valence-corrected chi connectivity index (χ3v) is 3.23. The molecule has 4 nitrogen and oxygen atoms in total. The number of hydrogen-bond acceptors (Lipinski definition) is 2. The highest BCUT2D eigenvalue weighted by molar-refractivity contribution is 6.35. The Morgan fingerprint density at radius 1 is 1.35 bits per heavy atom. The second-order valence-corrected chi connectivity index (χ2v) is 4.34. The van der Waals surface area contributed by atoms with Gasteiger partial charge in [0.25, 0.3) is 5.91 Å². The fourth-order valence-electron chi connectivity index (χ4n) is 2.31. The molecule has 3 rings (SSSR count). The van der Waals surface area contributed by atoms with Crippen molar-refractivity contribution >= 4 is 23.2 Å². The van der Waals surface area contributed by atoms with Crippen LogP contribution in [0.15, 0.2) is 30.5 Å². The summed E-state index contributed by atoms with van der Waals surface area (Å²) in [6, 6.07) is 7.28. The molecule has 1 aromatic heterocycles. The minimum atomic E-state index is -0.167. The second-order valence-electron chi connectivity index (χ2n) is 4.34. The van der Waals surface area contributed by atoms with Crippen molar-refractivity contribution in [3.63, 3.8) is 0 Å². The number of aromatic nitrogens is 1. The summed E-state index contributed by atoms with van der Waals surface area (Å²) < 4.78 is 5.23. The van der Waals surface area contributed by atoms with Gasteiger partial charge in [-0.3, -0.25) is 4.79 Å². The van der Waals surface area contributed by atoms with Crippen LogP contribution in [0.2, 0.25) is 0 Å². The lowest BCUT2D eigenvalue weighted by Crippen LogP contribution is -2.03. The zero-order valence-electron chi connectivity index (χ0n) is 10.9. The van der Waals surface area contributed by atoms with Gasteiger partial charge >= 0.3 is 0 Å². The van der Waals surface area contributed by atoms with E-state index in [2.05, 4.69) is 16.2 Å². The Balaban J connectivity index is 2.18. The topological polar surface area (TPSA) is 54.1 Å². The quantitative estimate of drug-likeness (QED) is 0.647. The molecular weight excluding hydrogens is 252 g/mol. The van der Waals surface area contributed by atoms with Crippen molar-refractivity contribution in [2.24, 2.45) is 0 Å². The molecule has 0 unspecified atom stereocenters. The van der Waals surface area contributed by atoms with E-state index in [1.807, 2.05) is 18.2 Å². The molecule has 0 radical (unpaired) electrons. The number of hydrogen-bond donors (Lipinski definition) is 2. The van der Waals surface area contributed by atoms with E-state index in [-0.39, 0.29) is 5.91 Å².